The number of halogens is 1. The third kappa shape index (κ3) is 5.08. The normalized spacial score (nSPS) is 10.3. The topological polar surface area (TPSA) is 38.3 Å². The summed E-state index contributed by atoms with van der Waals surface area (Å²) in [7, 11) is 0. The van der Waals surface area contributed by atoms with Gasteiger partial charge in [0.05, 0.1) is 6.61 Å². The zero-order valence-electron chi connectivity index (χ0n) is 12.6. The van der Waals surface area contributed by atoms with Crippen molar-refractivity contribution in [3.63, 3.8) is 0 Å². The fourth-order valence-corrected chi connectivity index (χ4v) is 2.34. The van der Waals surface area contributed by atoms with Gasteiger partial charge in [0, 0.05) is 18.0 Å². The van der Waals surface area contributed by atoms with E-state index < -0.39 is 0 Å². The van der Waals surface area contributed by atoms with Crippen LogP contribution in [0.2, 0.25) is 5.02 Å². The summed E-state index contributed by atoms with van der Waals surface area (Å²) in [5, 5.41) is 3.63. The van der Waals surface area contributed by atoms with Crippen molar-refractivity contribution in [2.75, 3.05) is 6.61 Å². The molecular formula is C18H20ClNO2. The minimum atomic E-state index is 0.0220. The molecule has 2 aromatic carbocycles. The van der Waals surface area contributed by atoms with Gasteiger partial charge in [0.1, 0.15) is 5.75 Å². The zero-order chi connectivity index (χ0) is 15.8. The molecule has 4 heteroatoms. The van der Waals surface area contributed by atoms with Crippen molar-refractivity contribution < 1.29 is 9.53 Å². The van der Waals surface area contributed by atoms with Crippen LogP contribution < -0.4 is 10.1 Å². The van der Waals surface area contributed by atoms with Gasteiger partial charge in [-0.25, -0.2) is 0 Å². The Hall–Kier alpha value is -2.00. The van der Waals surface area contributed by atoms with E-state index in [1.165, 1.54) is 0 Å². The van der Waals surface area contributed by atoms with Crippen LogP contribution in [0.1, 0.15) is 24.5 Å². The molecule has 0 fully saturated rings. The predicted molar refractivity (Wildman–Crippen MR) is 89.2 cm³/mol. The first-order valence-electron chi connectivity index (χ1n) is 7.41. The molecule has 0 saturated carbocycles. The van der Waals surface area contributed by atoms with Crippen LogP contribution in [0.15, 0.2) is 48.5 Å². The van der Waals surface area contributed by atoms with Crippen molar-refractivity contribution >= 4 is 17.5 Å². The molecule has 2 rings (SSSR count). The van der Waals surface area contributed by atoms with Gasteiger partial charge in [-0.2, -0.15) is 0 Å². The second-order valence-electron chi connectivity index (χ2n) is 4.95. The highest BCUT2D eigenvalue weighted by Crippen LogP contribution is 2.16. The molecule has 0 bridgehead atoms. The monoisotopic (exact) mass is 317 g/mol. The van der Waals surface area contributed by atoms with Crippen molar-refractivity contribution in [1.82, 2.24) is 5.32 Å². The molecule has 0 unspecified atom stereocenters. The fraction of sp³-hybridized carbons (Fsp3) is 0.278. The van der Waals surface area contributed by atoms with Gasteiger partial charge >= 0.3 is 0 Å². The molecule has 0 radical (unpaired) electrons. The van der Waals surface area contributed by atoms with Crippen molar-refractivity contribution in [3.05, 3.63) is 64.7 Å². The first-order chi connectivity index (χ1) is 10.7. The number of rotatable bonds is 7. The molecule has 0 saturated heterocycles. The summed E-state index contributed by atoms with van der Waals surface area (Å²) in [5.74, 6) is 0.866. The van der Waals surface area contributed by atoms with Gasteiger partial charge in [0.2, 0.25) is 5.91 Å². The molecule has 0 aromatic heterocycles. The van der Waals surface area contributed by atoms with Crippen LogP contribution >= 0.6 is 11.6 Å². The lowest BCUT2D eigenvalue weighted by atomic mass is 10.1. The molecular weight excluding hydrogens is 298 g/mol. The van der Waals surface area contributed by atoms with E-state index >= 15 is 0 Å². The van der Waals surface area contributed by atoms with Gasteiger partial charge in [0.15, 0.2) is 0 Å². The number of carbonyl (C=O) groups excluding carboxylic acids is 1. The van der Waals surface area contributed by atoms with Crippen LogP contribution in [0.4, 0.5) is 0 Å². The number of carbonyl (C=O) groups is 1. The molecule has 0 aliphatic carbocycles. The molecule has 116 valence electrons. The van der Waals surface area contributed by atoms with E-state index in [4.69, 9.17) is 16.3 Å². The van der Waals surface area contributed by atoms with Crippen LogP contribution in [0.25, 0.3) is 0 Å². The quantitative estimate of drug-likeness (QED) is 0.838. The van der Waals surface area contributed by atoms with Gasteiger partial charge in [-0.05, 0) is 42.7 Å². The molecule has 1 amide bonds. The summed E-state index contributed by atoms with van der Waals surface area (Å²) in [4.78, 5) is 11.9. The SMILES string of the molecule is CCOc1ccc(CNC(=O)CCc2ccccc2Cl)cc1. The molecule has 22 heavy (non-hydrogen) atoms. The first kappa shape index (κ1) is 16.4. The molecule has 3 nitrogen and oxygen atoms in total. The van der Waals surface area contributed by atoms with Crippen molar-refractivity contribution in [3.8, 4) is 5.75 Å². The molecule has 0 spiro atoms. The van der Waals surface area contributed by atoms with E-state index in [1.807, 2.05) is 55.5 Å². The molecule has 1 N–H and O–H groups in total. The Labute approximate surface area is 136 Å². The van der Waals surface area contributed by atoms with E-state index in [1.54, 1.807) is 0 Å². The molecule has 2 aromatic rings. The first-order valence-corrected chi connectivity index (χ1v) is 7.78. The number of hydrogen-bond donors (Lipinski definition) is 1. The fourth-order valence-electron chi connectivity index (χ4n) is 2.11. The average molecular weight is 318 g/mol. The smallest absolute Gasteiger partial charge is 0.220 e. The summed E-state index contributed by atoms with van der Waals surface area (Å²) in [5.41, 5.74) is 2.05. The second kappa shape index (κ2) is 8.44. The third-order valence-corrected chi connectivity index (χ3v) is 3.67. The molecule has 0 aliphatic rings. The van der Waals surface area contributed by atoms with Crippen molar-refractivity contribution in [2.24, 2.45) is 0 Å². The van der Waals surface area contributed by atoms with E-state index in [2.05, 4.69) is 5.32 Å². The van der Waals surface area contributed by atoms with E-state index in [-0.39, 0.29) is 5.91 Å². The number of amides is 1. The number of benzene rings is 2. The van der Waals surface area contributed by atoms with Crippen LogP contribution in [0.3, 0.4) is 0 Å². The maximum Gasteiger partial charge on any atom is 0.220 e. The van der Waals surface area contributed by atoms with Gasteiger partial charge in [-0.1, -0.05) is 41.9 Å². The Morgan fingerprint density at radius 3 is 2.55 bits per heavy atom. The highest BCUT2D eigenvalue weighted by Gasteiger charge is 2.05. The van der Waals surface area contributed by atoms with Crippen molar-refractivity contribution in [1.29, 1.82) is 0 Å². The Balaban J connectivity index is 1.76. The summed E-state index contributed by atoms with van der Waals surface area (Å²) >= 11 is 6.08. The van der Waals surface area contributed by atoms with Crippen LogP contribution in [0.5, 0.6) is 5.75 Å². The van der Waals surface area contributed by atoms with E-state index in [0.29, 0.717) is 31.0 Å². The Bertz CT molecular complexity index is 611. The largest absolute Gasteiger partial charge is 0.494 e. The number of hydrogen-bond acceptors (Lipinski definition) is 2. The van der Waals surface area contributed by atoms with Crippen LogP contribution in [-0.4, -0.2) is 12.5 Å². The summed E-state index contributed by atoms with van der Waals surface area (Å²) in [6, 6.07) is 15.3. The predicted octanol–water partition coefficient (Wildman–Crippen LogP) is 3.99. The summed E-state index contributed by atoms with van der Waals surface area (Å²) in [6.45, 7) is 3.12. The average Bonchev–Trinajstić information content (AvgIpc) is 2.54. The van der Waals surface area contributed by atoms with Gasteiger partial charge in [0.25, 0.3) is 0 Å². The minimum absolute atomic E-state index is 0.0220. The number of aryl methyl sites for hydroxylation is 1. The Morgan fingerprint density at radius 2 is 1.86 bits per heavy atom. The molecule has 0 atom stereocenters. The highest BCUT2D eigenvalue weighted by atomic mass is 35.5. The maximum atomic E-state index is 11.9. The lowest BCUT2D eigenvalue weighted by molar-refractivity contribution is -0.121. The summed E-state index contributed by atoms with van der Waals surface area (Å²) in [6.07, 6.45) is 1.08. The molecule has 0 heterocycles. The maximum absolute atomic E-state index is 11.9. The third-order valence-electron chi connectivity index (χ3n) is 3.30. The number of nitrogens with one attached hydrogen (secondary N) is 1. The van der Waals surface area contributed by atoms with E-state index in [9.17, 15) is 4.79 Å². The van der Waals surface area contributed by atoms with Gasteiger partial charge in [-0.3, -0.25) is 4.79 Å². The van der Waals surface area contributed by atoms with Gasteiger partial charge in [-0.15, -0.1) is 0 Å². The lowest BCUT2D eigenvalue weighted by Gasteiger charge is -2.08. The minimum Gasteiger partial charge on any atom is -0.494 e. The molecule has 0 aliphatic heterocycles. The van der Waals surface area contributed by atoms with Crippen LogP contribution in [-0.2, 0) is 17.8 Å². The summed E-state index contributed by atoms with van der Waals surface area (Å²) < 4.78 is 5.39. The van der Waals surface area contributed by atoms with E-state index in [0.717, 1.165) is 16.9 Å². The van der Waals surface area contributed by atoms with Crippen LogP contribution in [0, 0.1) is 0 Å². The zero-order valence-corrected chi connectivity index (χ0v) is 13.4. The Kier molecular flexibility index (Phi) is 6.28. The second-order valence-corrected chi connectivity index (χ2v) is 5.35. The van der Waals surface area contributed by atoms with Crippen molar-refractivity contribution in [2.45, 2.75) is 26.3 Å². The lowest BCUT2D eigenvalue weighted by Crippen LogP contribution is -2.23. The number of ether oxygens (including phenoxy) is 1. The Morgan fingerprint density at radius 1 is 1.14 bits per heavy atom. The highest BCUT2D eigenvalue weighted by molar-refractivity contribution is 6.31. The van der Waals surface area contributed by atoms with Gasteiger partial charge < -0.3 is 10.1 Å². The standard InChI is InChI=1S/C18H20ClNO2/c1-2-22-16-10-7-14(8-11-16)13-20-18(21)12-9-15-5-3-4-6-17(15)19/h3-8,10-11H,2,9,12-13H2,1H3,(H,20,21).